The number of hydrogen-bond acceptors (Lipinski definition) is 0. The third-order valence-electron chi connectivity index (χ3n) is 27.4. The summed E-state index contributed by atoms with van der Waals surface area (Å²) in [5.41, 5.74) is 28.7. The number of fused-ring (bicyclic) bond motifs is 13. The Morgan fingerprint density at radius 3 is 0.783 bits per heavy atom. The first-order chi connectivity index (χ1) is 68.0. The third kappa shape index (κ3) is 17.8. The summed E-state index contributed by atoms with van der Waals surface area (Å²) in [5, 5.41) is 31.5. The van der Waals surface area contributed by atoms with Crippen molar-refractivity contribution in [3.05, 3.63) is 555 Å². The van der Waals surface area contributed by atoms with Crippen molar-refractivity contribution in [1.82, 2.24) is 0 Å². The largest absolute Gasteiger partial charge is 0.0622 e. The lowest BCUT2D eigenvalue weighted by Gasteiger charge is -2.19. The summed E-state index contributed by atoms with van der Waals surface area (Å²) in [4.78, 5) is 0. The molecule has 0 nitrogen and oxygen atoms in total. The van der Waals surface area contributed by atoms with Crippen molar-refractivity contribution < 1.29 is 0 Å². The summed E-state index contributed by atoms with van der Waals surface area (Å²) in [6.07, 6.45) is 0. The van der Waals surface area contributed by atoms with Gasteiger partial charge >= 0.3 is 0 Å². The van der Waals surface area contributed by atoms with Gasteiger partial charge in [-0.1, -0.05) is 508 Å². The summed E-state index contributed by atoms with van der Waals surface area (Å²) in [6.45, 7) is 13.0. The van der Waals surface area contributed by atoms with E-state index in [1.165, 1.54) is 252 Å². The van der Waals surface area contributed by atoms with E-state index in [0.29, 0.717) is 0 Å². The van der Waals surface area contributed by atoms with Crippen LogP contribution in [0.15, 0.2) is 522 Å². The number of benzene rings is 26. The molecule has 0 aliphatic carbocycles. The molecule has 26 rings (SSSR count). The molecule has 0 N–H and O–H groups in total. The second-order valence-electron chi connectivity index (χ2n) is 36.2. The molecule has 0 bridgehead atoms. The zero-order valence-corrected chi connectivity index (χ0v) is 78.7. The molecule has 0 radical (unpaired) electrons. The van der Waals surface area contributed by atoms with Gasteiger partial charge in [0, 0.05) is 0 Å². The predicted molar refractivity (Wildman–Crippen MR) is 601 cm³/mol. The van der Waals surface area contributed by atoms with Gasteiger partial charge in [-0.05, 0) is 307 Å². The maximum absolute atomic E-state index is 2.39. The minimum absolute atomic E-state index is 1.25. The molecule has 0 heterocycles. The van der Waals surface area contributed by atoms with E-state index < -0.39 is 0 Å². The van der Waals surface area contributed by atoms with E-state index in [9.17, 15) is 0 Å². The van der Waals surface area contributed by atoms with E-state index in [1.54, 1.807) is 0 Å². The molecule has 0 aromatic heterocycles. The van der Waals surface area contributed by atoms with Crippen LogP contribution in [-0.4, -0.2) is 0 Å². The monoisotopic (exact) mass is 1760 g/mol. The zero-order valence-electron chi connectivity index (χ0n) is 78.7. The molecule has 0 saturated carbocycles. The van der Waals surface area contributed by atoms with Gasteiger partial charge in [0.1, 0.15) is 0 Å². The maximum Gasteiger partial charge on any atom is -0.00242 e. The van der Waals surface area contributed by atoms with Crippen LogP contribution in [0.25, 0.3) is 218 Å². The molecular formula is C138H104. The average Bonchev–Trinajstić information content (AvgIpc) is 0.722. The normalized spacial score (nSPS) is 11.1. The predicted octanol–water partition coefficient (Wildman–Crippen LogP) is 39.1. The molecule has 0 unspecified atom stereocenters. The Morgan fingerprint density at radius 2 is 0.377 bits per heavy atom. The molecule has 0 saturated heterocycles. The van der Waals surface area contributed by atoms with Crippen molar-refractivity contribution in [2.24, 2.45) is 0 Å². The number of hydrogen-bond donors (Lipinski definition) is 0. The standard InChI is InChI=1S/C33H24.5C21H16/c1-23-12-8-9-17-27(23)26-20-21-30-31(22-26)33(25-15-6-3-7-16-25)29-19-11-10-18-28(29)32(30)24-13-4-2-5-14-24;1-15-8-2-5-11-18(15)21-19-12-6-3-9-16(19)14-17-10-4-7-13-20(17)21;1-15-7-6-10-18(13-15)21-19-11-4-2-8-16(19)14-17-9-3-5-12-20(17)21;1-15-10-12-16(13-11-15)21-19-8-4-2-6-17(19)14-18-7-3-5-9-20(18)21;1-15-10-12-16(13-11-15)21-14-17-6-2-3-7-18(17)19-8-4-5-9-20(19)21;1-15-17-11-5-7-13-19(17)21(16-9-3-2-4-10-16)20-14-8-6-12-18(15)20/h2-22H,1H3;5*2-14H,1H3. The maximum atomic E-state index is 2.39. The highest BCUT2D eigenvalue weighted by molar-refractivity contribution is 6.23. The minimum Gasteiger partial charge on any atom is -0.0622 e. The van der Waals surface area contributed by atoms with E-state index in [0.717, 1.165) is 0 Å². The van der Waals surface area contributed by atoms with Crippen molar-refractivity contribution in [2.45, 2.75) is 41.5 Å². The van der Waals surface area contributed by atoms with Crippen LogP contribution in [0.3, 0.4) is 0 Å². The third-order valence-corrected chi connectivity index (χ3v) is 27.4. The second-order valence-corrected chi connectivity index (χ2v) is 36.2. The van der Waals surface area contributed by atoms with Gasteiger partial charge in [0.05, 0.1) is 0 Å². The first kappa shape index (κ1) is 87.5. The van der Waals surface area contributed by atoms with Gasteiger partial charge in [0.2, 0.25) is 0 Å². The first-order valence-corrected chi connectivity index (χ1v) is 48.0. The Kier molecular flexibility index (Phi) is 25.1. The van der Waals surface area contributed by atoms with E-state index in [-0.39, 0.29) is 0 Å². The van der Waals surface area contributed by atoms with Gasteiger partial charge in [0.25, 0.3) is 0 Å². The van der Waals surface area contributed by atoms with Gasteiger partial charge in [-0.3, -0.25) is 0 Å². The lowest BCUT2D eigenvalue weighted by molar-refractivity contribution is 1.46. The first-order valence-electron chi connectivity index (χ1n) is 48.0. The summed E-state index contributed by atoms with van der Waals surface area (Å²) in [7, 11) is 0. The molecule has 138 heavy (non-hydrogen) atoms. The summed E-state index contributed by atoms with van der Waals surface area (Å²) < 4.78 is 0. The van der Waals surface area contributed by atoms with Crippen LogP contribution < -0.4 is 0 Å². The van der Waals surface area contributed by atoms with Crippen LogP contribution in [0, 0.1) is 41.5 Å². The molecule has 26 aromatic carbocycles. The van der Waals surface area contributed by atoms with E-state index in [2.05, 4.69) is 563 Å². The van der Waals surface area contributed by atoms with Crippen LogP contribution >= 0.6 is 0 Å². The van der Waals surface area contributed by atoms with Crippen molar-refractivity contribution in [3.63, 3.8) is 0 Å². The number of rotatable bonds is 8. The van der Waals surface area contributed by atoms with Gasteiger partial charge in [-0.25, -0.2) is 0 Å². The van der Waals surface area contributed by atoms with Gasteiger partial charge in [-0.15, -0.1) is 0 Å². The van der Waals surface area contributed by atoms with Crippen LogP contribution in [-0.2, 0) is 0 Å². The topological polar surface area (TPSA) is 0 Å². The number of aryl methyl sites for hydroxylation is 6. The summed E-state index contributed by atoms with van der Waals surface area (Å²) in [6, 6.07) is 188. The van der Waals surface area contributed by atoms with E-state index in [1.807, 2.05) is 0 Å². The Labute approximate surface area is 809 Å². The molecule has 0 heteroatoms. The highest BCUT2D eigenvalue weighted by Gasteiger charge is 2.21. The fourth-order valence-electron chi connectivity index (χ4n) is 20.7. The molecular weight excluding hydrogens is 1660 g/mol. The Balaban J connectivity index is 0.0000000997. The van der Waals surface area contributed by atoms with Crippen LogP contribution in [0.4, 0.5) is 0 Å². The molecule has 26 aromatic rings. The van der Waals surface area contributed by atoms with Crippen LogP contribution in [0.1, 0.15) is 33.4 Å². The van der Waals surface area contributed by atoms with E-state index in [4.69, 9.17) is 0 Å². The van der Waals surface area contributed by atoms with Crippen LogP contribution in [0.2, 0.25) is 0 Å². The Morgan fingerprint density at radius 1 is 0.109 bits per heavy atom. The average molecular weight is 1760 g/mol. The molecule has 0 aliphatic rings. The molecule has 0 aliphatic heterocycles. The fourth-order valence-corrected chi connectivity index (χ4v) is 20.7. The quantitative estimate of drug-likeness (QED) is 0.105. The van der Waals surface area contributed by atoms with Crippen molar-refractivity contribution >= 4 is 129 Å². The van der Waals surface area contributed by atoms with Gasteiger partial charge in [0.15, 0.2) is 0 Å². The molecule has 0 spiro atoms. The highest BCUT2D eigenvalue weighted by atomic mass is 14.2. The lowest BCUT2D eigenvalue weighted by Crippen LogP contribution is -1.92. The molecule has 656 valence electrons. The summed E-state index contributed by atoms with van der Waals surface area (Å²) in [5.74, 6) is 0. The molecule has 0 fully saturated rings. The van der Waals surface area contributed by atoms with Crippen molar-refractivity contribution in [3.8, 4) is 89.0 Å². The molecule has 0 amide bonds. The molecule has 0 atom stereocenters. The Bertz CT molecular complexity index is 8740. The fraction of sp³-hybridized carbons (Fsp3) is 0.0435. The SMILES string of the molecule is Cc1c2ccccc2c(-c2ccccc2)c2ccccc12.Cc1ccc(-c2c3ccccc3cc3ccccc23)cc1.Cc1ccc(-c2cc3ccccc3c3ccccc23)cc1.Cc1cccc(-c2c3ccccc3cc3ccccc23)c1.Cc1ccccc1-c1c2ccccc2cc2ccccc12.Cc1ccccc1-c1ccc2c(-c3ccccc3)c3ccccc3c(-c3ccccc3)c2c1. The van der Waals surface area contributed by atoms with Crippen molar-refractivity contribution in [1.29, 1.82) is 0 Å². The van der Waals surface area contributed by atoms with E-state index >= 15 is 0 Å². The minimum atomic E-state index is 1.25. The Hall–Kier alpha value is -17.2. The van der Waals surface area contributed by atoms with Crippen LogP contribution in [0.5, 0.6) is 0 Å². The van der Waals surface area contributed by atoms with Gasteiger partial charge in [-0.2, -0.15) is 0 Å². The summed E-state index contributed by atoms with van der Waals surface area (Å²) >= 11 is 0. The van der Waals surface area contributed by atoms with Gasteiger partial charge < -0.3 is 0 Å². The lowest BCUT2D eigenvalue weighted by atomic mass is 9.84. The smallest absolute Gasteiger partial charge is 0.00242 e. The highest BCUT2D eigenvalue weighted by Crippen LogP contribution is 2.48. The zero-order chi connectivity index (χ0) is 93.4. The van der Waals surface area contributed by atoms with Crippen molar-refractivity contribution in [2.75, 3.05) is 0 Å². The second kappa shape index (κ2) is 39.6.